The number of nitrogens with one attached hydrogen (secondary N) is 2. The molecule has 3 rings (SSSR count). The van der Waals surface area contributed by atoms with E-state index in [0.29, 0.717) is 13.0 Å². The van der Waals surface area contributed by atoms with Gasteiger partial charge in [-0.3, -0.25) is 4.79 Å². The fourth-order valence-electron chi connectivity index (χ4n) is 3.30. The number of carbonyl (C=O) groups is 1. The van der Waals surface area contributed by atoms with E-state index in [2.05, 4.69) is 40.5 Å². The summed E-state index contributed by atoms with van der Waals surface area (Å²) in [6.07, 6.45) is 2.62. The van der Waals surface area contributed by atoms with E-state index in [1.807, 2.05) is 6.92 Å². The Morgan fingerprint density at radius 3 is 2.73 bits per heavy atom. The van der Waals surface area contributed by atoms with Gasteiger partial charge in [0.2, 0.25) is 0 Å². The van der Waals surface area contributed by atoms with Gasteiger partial charge in [0.15, 0.2) is 0 Å². The highest BCUT2D eigenvalue weighted by molar-refractivity contribution is 5.87. The zero-order valence-corrected chi connectivity index (χ0v) is 13.1. The lowest BCUT2D eigenvalue weighted by Crippen LogP contribution is -2.38. The van der Waals surface area contributed by atoms with Crippen molar-refractivity contribution in [3.05, 3.63) is 35.0 Å². The van der Waals surface area contributed by atoms with Crippen LogP contribution in [0.2, 0.25) is 0 Å². The number of carboxylic acid groups (broad SMARTS) is 1. The second-order valence-corrected chi connectivity index (χ2v) is 5.83. The zero-order chi connectivity index (χ0) is 15.7. The third kappa shape index (κ3) is 2.62. The minimum Gasteiger partial charge on any atom is -0.480 e. The molecule has 5 nitrogen and oxygen atoms in total. The molecule has 1 aromatic heterocycles. The first-order valence-electron chi connectivity index (χ1n) is 7.94. The fourth-order valence-corrected chi connectivity index (χ4v) is 3.30. The number of likely N-dealkylation sites (N-methyl/N-ethyl adjacent to an activating group) is 1. The molecule has 5 heteroatoms. The summed E-state index contributed by atoms with van der Waals surface area (Å²) in [4.78, 5) is 11.4. The molecule has 0 amide bonds. The average molecular weight is 301 g/mol. The van der Waals surface area contributed by atoms with Crippen LogP contribution < -0.4 is 10.6 Å². The Morgan fingerprint density at radius 1 is 1.36 bits per heavy atom. The highest BCUT2D eigenvalue weighted by atomic mass is 16.4. The molecule has 0 saturated heterocycles. The SMILES string of the molecule is CCNC(Cc1cn(CC)c2cc3c(cc12)CNC3)C(=O)O. The molecule has 1 aliphatic rings. The van der Waals surface area contributed by atoms with Crippen LogP contribution in [0.4, 0.5) is 0 Å². The first-order valence-corrected chi connectivity index (χ1v) is 7.94. The van der Waals surface area contributed by atoms with Crippen molar-refractivity contribution in [3.8, 4) is 0 Å². The molecule has 1 atom stereocenters. The van der Waals surface area contributed by atoms with E-state index >= 15 is 0 Å². The number of aliphatic carboxylic acids is 1. The zero-order valence-electron chi connectivity index (χ0n) is 13.1. The molecule has 2 aromatic rings. The molecule has 22 heavy (non-hydrogen) atoms. The van der Waals surface area contributed by atoms with Crippen LogP contribution in [0.25, 0.3) is 10.9 Å². The van der Waals surface area contributed by atoms with Crippen molar-refractivity contribution in [2.24, 2.45) is 0 Å². The lowest BCUT2D eigenvalue weighted by molar-refractivity contribution is -0.139. The van der Waals surface area contributed by atoms with Gasteiger partial charge >= 0.3 is 5.97 Å². The highest BCUT2D eigenvalue weighted by Gasteiger charge is 2.21. The molecule has 118 valence electrons. The molecular formula is C17H23N3O2. The third-order valence-corrected chi connectivity index (χ3v) is 4.43. The number of rotatable bonds is 6. The van der Waals surface area contributed by atoms with Crippen LogP contribution >= 0.6 is 0 Å². The highest BCUT2D eigenvalue weighted by Crippen LogP contribution is 2.28. The second-order valence-electron chi connectivity index (χ2n) is 5.83. The monoisotopic (exact) mass is 301 g/mol. The van der Waals surface area contributed by atoms with E-state index in [-0.39, 0.29) is 0 Å². The van der Waals surface area contributed by atoms with E-state index in [9.17, 15) is 9.90 Å². The van der Waals surface area contributed by atoms with Crippen molar-refractivity contribution in [3.63, 3.8) is 0 Å². The van der Waals surface area contributed by atoms with Crippen molar-refractivity contribution < 1.29 is 9.90 Å². The Labute approximate surface area is 130 Å². The maximum atomic E-state index is 11.4. The Morgan fingerprint density at radius 2 is 2.09 bits per heavy atom. The summed E-state index contributed by atoms with van der Waals surface area (Å²) in [5.41, 5.74) is 5.01. The first-order chi connectivity index (χ1) is 10.6. The van der Waals surface area contributed by atoms with Crippen molar-refractivity contribution >= 4 is 16.9 Å². The van der Waals surface area contributed by atoms with Crippen molar-refractivity contribution in [2.75, 3.05) is 6.54 Å². The standard InChI is InChI=1S/C17H23N3O2/c1-3-19-15(17(21)22)6-13-10-20(4-2)16-7-12-9-18-8-11(12)5-14(13)16/h5,7,10,15,18-19H,3-4,6,8-9H2,1-2H3,(H,21,22). The summed E-state index contributed by atoms with van der Waals surface area (Å²) in [6.45, 7) is 7.42. The van der Waals surface area contributed by atoms with Crippen LogP contribution in [-0.4, -0.2) is 28.2 Å². The number of aromatic nitrogens is 1. The largest absolute Gasteiger partial charge is 0.480 e. The van der Waals surface area contributed by atoms with Crippen molar-refractivity contribution in [1.82, 2.24) is 15.2 Å². The quantitative estimate of drug-likeness (QED) is 0.762. The molecular weight excluding hydrogens is 278 g/mol. The molecule has 2 heterocycles. The van der Waals surface area contributed by atoms with E-state index in [4.69, 9.17) is 0 Å². The van der Waals surface area contributed by atoms with Crippen molar-refractivity contribution in [1.29, 1.82) is 0 Å². The first kappa shape index (κ1) is 15.1. The Hall–Kier alpha value is -1.85. The number of carboxylic acids is 1. The topological polar surface area (TPSA) is 66.3 Å². The van der Waals surface area contributed by atoms with Gasteiger partial charge in [0.25, 0.3) is 0 Å². The molecule has 3 N–H and O–H groups in total. The fraction of sp³-hybridized carbons (Fsp3) is 0.471. The summed E-state index contributed by atoms with van der Waals surface area (Å²) in [7, 11) is 0. The van der Waals surface area contributed by atoms with E-state index in [0.717, 1.165) is 25.2 Å². The maximum absolute atomic E-state index is 11.4. The minimum absolute atomic E-state index is 0.513. The average Bonchev–Trinajstić information content (AvgIpc) is 3.08. The number of nitrogens with zero attached hydrogens (tertiary/aromatic N) is 1. The van der Waals surface area contributed by atoms with Gasteiger partial charge in [-0.25, -0.2) is 0 Å². The minimum atomic E-state index is -0.790. The van der Waals surface area contributed by atoms with Gasteiger partial charge in [-0.15, -0.1) is 0 Å². The Kier molecular flexibility index (Phi) is 4.18. The summed E-state index contributed by atoms with van der Waals surface area (Å²) in [5.74, 6) is -0.790. The van der Waals surface area contributed by atoms with Gasteiger partial charge in [-0.2, -0.15) is 0 Å². The van der Waals surface area contributed by atoms with E-state index in [1.54, 1.807) is 0 Å². The van der Waals surface area contributed by atoms with Gasteiger partial charge in [-0.1, -0.05) is 6.92 Å². The molecule has 0 radical (unpaired) electrons. The summed E-state index contributed by atoms with van der Waals surface area (Å²) in [6, 6.07) is 3.95. The summed E-state index contributed by atoms with van der Waals surface area (Å²) in [5, 5.41) is 17.0. The summed E-state index contributed by atoms with van der Waals surface area (Å²) < 4.78 is 2.22. The molecule has 1 aliphatic heterocycles. The predicted octanol–water partition coefficient (Wildman–Crippen LogP) is 1.87. The molecule has 1 unspecified atom stereocenters. The van der Waals surface area contributed by atoms with Crippen LogP contribution in [0.3, 0.4) is 0 Å². The Bertz CT molecular complexity index is 705. The van der Waals surface area contributed by atoms with Crippen LogP contribution in [0.15, 0.2) is 18.3 Å². The number of hydrogen-bond acceptors (Lipinski definition) is 3. The molecule has 0 spiro atoms. The van der Waals surface area contributed by atoms with Crippen LogP contribution in [-0.2, 0) is 30.8 Å². The smallest absolute Gasteiger partial charge is 0.321 e. The number of benzene rings is 1. The van der Waals surface area contributed by atoms with Gasteiger partial charge in [-0.05, 0) is 42.3 Å². The summed E-state index contributed by atoms with van der Waals surface area (Å²) >= 11 is 0. The molecule has 0 bridgehead atoms. The van der Waals surface area contributed by atoms with Crippen LogP contribution in [0.5, 0.6) is 0 Å². The number of hydrogen-bond donors (Lipinski definition) is 3. The van der Waals surface area contributed by atoms with Gasteiger partial charge in [0.1, 0.15) is 6.04 Å². The molecule has 0 fully saturated rings. The van der Waals surface area contributed by atoms with Crippen LogP contribution in [0.1, 0.15) is 30.5 Å². The number of fused-ring (bicyclic) bond motifs is 2. The Balaban J connectivity index is 2.03. The van der Waals surface area contributed by atoms with E-state index < -0.39 is 12.0 Å². The third-order valence-electron chi connectivity index (χ3n) is 4.43. The normalized spacial score (nSPS) is 15.2. The number of aryl methyl sites for hydroxylation is 1. The van der Waals surface area contributed by atoms with Gasteiger partial charge in [0.05, 0.1) is 0 Å². The lowest BCUT2D eigenvalue weighted by Gasteiger charge is -2.12. The molecule has 0 aliphatic carbocycles. The van der Waals surface area contributed by atoms with Gasteiger partial charge in [0, 0.05) is 43.2 Å². The molecule has 0 saturated carbocycles. The van der Waals surface area contributed by atoms with E-state index in [1.165, 1.54) is 22.0 Å². The maximum Gasteiger partial charge on any atom is 0.321 e. The predicted molar refractivity (Wildman–Crippen MR) is 87.0 cm³/mol. The second kappa shape index (κ2) is 6.10. The van der Waals surface area contributed by atoms with Crippen molar-refractivity contribution in [2.45, 2.75) is 45.9 Å². The van der Waals surface area contributed by atoms with Gasteiger partial charge < -0.3 is 20.3 Å². The van der Waals surface area contributed by atoms with Crippen LogP contribution in [0, 0.1) is 0 Å². The lowest BCUT2D eigenvalue weighted by atomic mass is 10.0. The molecule has 1 aromatic carbocycles.